The van der Waals surface area contributed by atoms with Gasteiger partial charge in [-0.05, 0) is 31.6 Å². The van der Waals surface area contributed by atoms with Crippen LogP contribution in [0, 0.1) is 5.92 Å². The summed E-state index contributed by atoms with van der Waals surface area (Å²) in [4.78, 5) is 12.8. The summed E-state index contributed by atoms with van der Waals surface area (Å²) >= 11 is 0. The Labute approximate surface area is 131 Å². The van der Waals surface area contributed by atoms with Crippen molar-refractivity contribution in [2.24, 2.45) is 5.92 Å². The van der Waals surface area contributed by atoms with E-state index in [9.17, 15) is 0 Å². The molecule has 0 aliphatic heterocycles. The Morgan fingerprint density at radius 1 is 1.14 bits per heavy atom. The highest BCUT2D eigenvalue weighted by molar-refractivity contribution is 5.43. The van der Waals surface area contributed by atoms with Crippen LogP contribution in [-0.4, -0.2) is 20.1 Å². The van der Waals surface area contributed by atoms with Crippen molar-refractivity contribution >= 4 is 0 Å². The molecule has 22 heavy (non-hydrogen) atoms. The lowest BCUT2D eigenvalue weighted by Gasteiger charge is -2.26. The molecule has 1 aliphatic carbocycles. The Hall–Kier alpha value is -1.78. The number of aromatic nitrogens is 4. The summed E-state index contributed by atoms with van der Waals surface area (Å²) in [6.07, 6.45) is 15.3. The second-order valence-electron chi connectivity index (χ2n) is 6.26. The standard InChI is InChI=1S/C17H24N4O/c1-2-3-4-5-13-6-8-14(9-7-13)16-20-17(22-21-16)15-12-18-10-11-19-15/h10-14H,2-9H2,1H3/t13-,14-. The maximum absolute atomic E-state index is 5.35. The van der Waals surface area contributed by atoms with Crippen molar-refractivity contribution in [3.05, 3.63) is 24.4 Å². The fourth-order valence-corrected chi connectivity index (χ4v) is 3.31. The summed E-state index contributed by atoms with van der Waals surface area (Å²) < 4.78 is 5.35. The van der Waals surface area contributed by atoms with Crippen LogP contribution in [0.25, 0.3) is 11.6 Å². The molecule has 3 rings (SSSR count). The largest absolute Gasteiger partial charge is 0.332 e. The zero-order chi connectivity index (χ0) is 15.2. The van der Waals surface area contributed by atoms with Gasteiger partial charge < -0.3 is 4.52 Å². The van der Waals surface area contributed by atoms with Gasteiger partial charge in [-0.15, -0.1) is 0 Å². The summed E-state index contributed by atoms with van der Waals surface area (Å²) in [7, 11) is 0. The quantitative estimate of drug-likeness (QED) is 0.741. The van der Waals surface area contributed by atoms with Crippen LogP contribution in [0.3, 0.4) is 0 Å². The molecule has 0 saturated heterocycles. The zero-order valence-electron chi connectivity index (χ0n) is 13.2. The molecule has 0 radical (unpaired) electrons. The summed E-state index contributed by atoms with van der Waals surface area (Å²) in [5.41, 5.74) is 0.648. The van der Waals surface area contributed by atoms with Crippen LogP contribution in [0.15, 0.2) is 23.1 Å². The Balaban J connectivity index is 1.55. The molecule has 118 valence electrons. The molecular formula is C17H24N4O. The molecule has 1 aliphatic rings. The smallest absolute Gasteiger partial charge is 0.278 e. The van der Waals surface area contributed by atoms with Gasteiger partial charge in [0, 0.05) is 18.3 Å². The second kappa shape index (κ2) is 7.47. The van der Waals surface area contributed by atoms with Crippen LogP contribution >= 0.6 is 0 Å². The molecule has 2 aromatic heterocycles. The molecule has 5 nitrogen and oxygen atoms in total. The molecule has 2 aromatic rings. The predicted octanol–water partition coefficient (Wildman–Crippen LogP) is 4.38. The highest BCUT2D eigenvalue weighted by atomic mass is 16.5. The first-order chi connectivity index (χ1) is 10.9. The topological polar surface area (TPSA) is 64.7 Å². The summed E-state index contributed by atoms with van der Waals surface area (Å²) in [6, 6.07) is 0. The van der Waals surface area contributed by atoms with E-state index in [2.05, 4.69) is 27.0 Å². The molecule has 2 heterocycles. The summed E-state index contributed by atoms with van der Waals surface area (Å²) in [6.45, 7) is 2.27. The average molecular weight is 300 g/mol. The summed E-state index contributed by atoms with van der Waals surface area (Å²) in [5.74, 6) is 2.66. The number of rotatable bonds is 6. The van der Waals surface area contributed by atoms with E-state index in [4.69, 9.17) is 4.52 Å². The van der Waals surface area contributed by atoms with E-state index < -0.39 is 0 Å². The second-order valence-corrected chi connectivity index (χ2v) is 6.26. The molecule has 0 unspecified atom stereocenters. The molecule has 1 fully saturated rings. The van der Waals surface area contributed by atoms with Gasteiger partial charge in [0.25, 0.3) is 5.89 Å². The van der Waals surface area contributed by atoms with Crippen LogP contribution < -0.4 is 0 Å². The lowest BCUT2D eigenvalue weighted by molar-refractivity contribution is 0.292. The SMILES string of the molecule is CCCCC[C@H]1CC[C@H](c2noc(-c3cnccn3)n2)CC1. The van der Waals surface area contributed by atoms with E-state index in [-0.39, 0.29) is 0 Å². The highest BCUT2D eigenvalue weighted by Gasteiger charge is 2.26. The first kappa shape index (κ1) is 15.1. The van der Waals surface area contributed by atoms with E-state index >= 15 is 0 Å². The third-order valence-electron chi connectivity index (χ3n) is 4.65. The van der Waals surface area contributed by atoms with Gasteiger partial charge in [0.2, 0.25) is 0 Å². The highest BCUT2D eigenvalue weighted by Crippen LogP contribution is 2.37. The first-order valence-corrected chi connectivity index (χ1v) is 8.46. The minimum absolute atomic E-state index is 0.441. The minimum atomic E-state index is 0.441. The van der Waals surface area contributed by atoms with Crippen LogP contribution in [0.4, 0.5) is 0 Å². The normalized spacial score (nSPS) is 21.9. The van der Waals surface area contributed by atoms with Gasteiger partial charge in [-0.1, -0.05) is 37.8 Å². The zero-order valence-corrected chi connectivity index (χ0v) is 13.2. The van der Waals surface area contributed by atoms with Crippen molar-refractivity contribution in [1.82, 2.24) is 20.1 Å². The third kappa shape index (κ3) is 3.70. The van der Waals surface area contributed by atoms with E-state index in [0.29, 0.717) is 17.5 Å². The molecular weight excluding hydrogens is 276 g/mol. The monoisotopic (exact) mass is 300 g/mol. The average Bonchev–Trinajstić information content (AvgIpc) is 3.07. The van der Waals surface area contributed by atoms with Crippen molar-refractivity contribution in [1.29, 1.82) is 0 Å². The van der Waals surface area contributed by atoms with E-state index in [1.54, 1.807) is 18.6 Å². The number of hydrogen-bond donors (Lipinski definition) is 0. The van der Waals surface area contributed by atoms with E-state index in [0.717, 1.165) is 11.7 Å². The van der Waals surface area contributed by atoms with Crippen LogP contribution in [-0.2, 0) is 0 Å². The van der Waals surface area contributed by atoms with Crippen molar-refractivity contribution < 1.29 is 4.52 Å². The van der Waals surface area contributed by atoms with Crippen LogP contribution in [0.1, 0.15) is 70.0 Å². The van der Waals surface area contributed by atoms with Gasteiger partial charge in [-0.2, -0.15) is 4.98 Å². The molecule has 1 saturated carbocycles. The maximum Gasteiger partial charge on any atom is 0.278 e. The van der Waals surface area contributed by atoms with Crippen molar-refractivity contribution in [3.8, 4) is 11.6 Å². The molecule has 5 heteroatoms. The van der Waals surface area contributed by atoms with Gasteiger partial charge in [0.15, 0.2) is 5.82 Å². The minimum Gasteiger partial charge on any atom is -0.332 e. The molecule has 0 aromatic carbocycles. The number of hydrogen-bond acceptors (Lipinski definition) is 5. The summed E-state index contributed by atoms with van der Waals surface area (Å²) in [5, 5.41) is 4.16. The van der Waals surface area contributed by atoms with Crippen LogP contribution in [0.5, 0.6) is 0 Å². The first-order valence-electron chi connectivity index (χ1n) is 8.46. The van der Waals surface area contributed by atoms with Gasteiger partial charge in [0.05, 0.1) is 6.20 Å². The molecule has 0 N–H and O–H groups in total. The fourth-order valence-electron chi connectivity index (χ4n) is 3.31. The molecule has 0 bridgehead atoms. The van der Waals surface area contributed by atoms with Gasteiger partial charge in [-0.25, -0.2) is 4.98 Å². The van der Waals surface area contributed by atoms with Gasteiger partial charge >= 0.3 is 0 Å². The Kier molecular flexibility index (Phi) is 5.14. The van der Waals surface area contributed by atoms with Crippen molar-refractivity contribution in [2.45, 2.75) is 64.2 Å². The third-order valence-corrected chi connectivity index (χ3v) is 4.65. The fraction of sp³-hybridized carbons (Fsp3) is 0.647. The lowest BCUT2D eigenvalue weighted by Crippen LogP contribution is -2.14. The van der Waals surface area contributed by atoms with Gasteiger partial charge in [-0.3, -0.25) is 4.98 Å². The molecule has 0 amide bonds. The molecule has 0 spiro atoms. The maximum atomic E-state index is 5.35. The van der Waals surface area contributed by atoms with E-state index in [1.807, 2.05) is 0 Å². The lowest BCUT2D eigenvalue weighted by atomic mass is 9.79. The number of nitrogens with zero attached hydrogens (tertiary/aromatic N) is 4. The Morgan fingerprint density at radius 2 is 2.00 bits per heavy atom. The van der Waals surface area contributed by atoms with Crippen molar-refractivity contribution in [2.75, 3.05) is 0 Å². The Bertz CT molecular complexity index is 561. The van der Waals surface area contributed by atoms with Crippen LogP contribution in [0.2, 0.25) is 0 Å². The number of unbranched alkanes of at least 4 members (excludes halogenated alkanes) is 2. The van der Waals surface area contributed by atoms with E-state index in [1.165, 1.54) is 51.4 Å². The Morgan fingerprint density at radius 3 is 2.73 bits per heavy atom. The molecule has 0 atom stereocenters. The van der Waals surface area contributed by atoms with Crippen molar-refractivity contribution in [3.63, 3.8) is 0 Å². The predicted molar refractivity (Wildman–Crippen MR) is 84.2 cm³/mol. The van der Waals surface area contributed by atoms with Gasteiger partial charge in [0.1, 0.15) is 5.69 Å².